The van der Waals surface area contributed by atoms with Gasteiger partial charge >= 0.3 is 0 Å². The molecule has 1 aromatic rings. The first-order valence-corrected chi connectivity index (χ1v) is 7.58. The van der Waals surface area contributed by atoms with Gasteiger partial charge in [0.1, 0.15) is 4.21 Å². The summed E-state index contributed by atoms with van der Waals surface area (Å²) in [5.41, 5.74) is 0. The molecule has 1 fully saturated rings. The summed E-state index contributed by atoms with van der Waals surface area (Å²) in [6.07, 6.45) is 1.93. The van der Waals surface area contributed by atoms with Crippen molar-refractivity contribution in [1.82, 2.24) is 4.31 Å². The van der Waals surface area contributed by atoms with Gasteiger partial charge in [0, 0.05) is 18.0 Å². The highest BCUT2D eigenvalue weighted by Gasteiger charge is 2.28. The number of rotatable bonds is 3. The molecule has 0 unspecified atom stereocenters. The first-order valence-electron chi connectivity index (χ1n) is 4.79. The minimum atomic E-state index is -3.23. The van der Waals surface area contributed by atoms with E-state index < -0.39 is 10.0 Å². The molecule has 1 aliphatic rings. The Morgan fingerprint density at radius 1 is 1.33 bits per heavy atom. The summed E-state index contributed by atoms with van der Waals surface area (Å²) in [7, 11) is -3.23. The third kappa shape index (κ3) is 2.20. The number of thiophene rings is 1. The Labute approximate surface area is 98.7 Å². The lowest BCUT2D eigenvalue weighted by Crippen LogP contribution is -2.27. The molecule has 6 heteroatoms. The lowest BCUT2D eigenvalue weighted by atomic mass is 10.4. The fourth-order valence-corrected chi connectivity index (χ4v) is 4.75. The van der Waals surface area contributed by atoms with Gasteiger partial charge in [-0.1, -0.05) is 0 Å². The molecule has 0 aliphatic carbocycles. The number of hydrogen-bond acceptors (Lipinski definition) is 3. The van der Waals surface area contributed by atoms with Crippen LogP contribution in [0.1, 0.15) is 17.7 Å². The normalized spacial score (nSPS) is 18.5. The van der Waals surface area contributed by atoms with E-state index in [1.807, 2.05) is 0 Å². The summed E-state index contributed by atoms with van der Waals surface area (Å²) in [5.74, 6) is 0.375. The molecule has 84 valence electrons. The van der Waals surface area contributed by atoms with E-state index >= 15 is 0 Å². The standard InChI is InChI=1S/C9H12ClNO2S2/c10-7-8-3-4-9(14-8)15(12,13)11-5-1-2-6-11/h3-4H,1-2,5-7H2. The van der Waals surface area contributed by atoms with Gasteiger partial charge in [0.2, 0.25) is 0 Å². The van der Waals surface area contributed by atoms with E-state index in [0.717, 1.165) is 17.7 Å². The lowest BCUT2D eigenvalue weighted by molar-refractivity contribution is 0.479. The third-order valence-corrected chi connectivity index (χ3v) is 6.33. The van der Waals surface area contributed by atoms with Crippen molar-refractivity contribution in [1.29, 1.82) is 0 Å². The molecule has 1 aliphatic heterocycles. The number of nitrogens with zero attached hydrogens (tertiary/aromatic N) is 1. The fraction of sp³-hybridized carbons (Fsp3) is 0.556. The molecule has 0 bridgehead atoms. The molecule has 2 rings (SSSR count). The topological polar surface area (TPSA) is 37.4 Å². The summed E-state index contributed by atoms with van der Waals surface area (Å²) < 4.78 is 26.1. The van der Waals surface area contributed by atoms with Gasteiger partial charge in [0.15, 0.2) is 0 Å². The van der Waals surface area contributed by atoms with E-state index in [2.05, 4.69) is 0 Å². The molecule has 0 aromatic carbocycles. The smallest absolute Gasteiger partial charge is 0.206 e. The highest BCUT2D eigenvalue weighted by molar-refractivity contribution is 7.91. The summed E-state index contributed by atoms with van der Waals surface area (Å²) in [4.78, 5) is 0.898. The molecule has 0 atom stereocenters. The van der Waals surface area contributed by atoms with Crippen LogP contribution < -0.4 is 0 Å². The van der Waals surface area contributed by atoms with Crippen LogP contribution in [0.15, 0.2) is 16.3 Å². The van der Waals surface area contributed by atoms with E-state index in [0.29, 0.717) is 23.2 Å². The third-order valence-electron chi connectivity index (χ3n) is 2.43. The summed E-state index contributed by atoms with van der Waals surface area (Å²) in [6.45, 7) is 1.30. The Kier molecular flexibility index (Phi) is 3.35. The number of sulfonamides is 1. The van der Waals surface area contributed by atoms with Crippen molar-refractivity contribution in [2.75, 3.05) is 13.1 Å². The van der Waals surface area contributed by atoms with Gasteiger partial charge in [-0.3, -0.25) is 0 Å². The van der Waals surface area contributed by atoms with Gasteiger partial charge in [0.25, 0.3) is 10.0 Å². The minimum absolute atomic E-state index is 0.375. The van der Waals surface area contributed by atoms with Crippen molar-refractivity contribution in [3.8, 4) is 0 Å². The second-order valence-corrected chi connectivity index (χ2v) is 7.07. The van der Waals surface area contributed by atoms with Crippen molar-refractivity contribution < 1.29 is 8.42 Å². The van der Waals surface area contributed by atoms with Gasteiger partial charge in [-0.05, 0) is 25.0 Å². The van der Waals surface area contributed by atoms with Crippen LogP contribution in [0.25, 0.3) is 0 Å². The van der Waals surface area contributed by atoms with Gasteiger partial charge < -0.3 is 0 Å². The monoisotopic (exact) mass is 265 g/mol. The molecular formula is C9H12ClNO2S2. The molecule has 0 radical (unpaired) electrons. The minimum Gasteiger partial charge on any atom is -0.206 e. The van der Waals surface area contributed by atoms with Crippen LogP contribution in [0.4, 0.5) is 0 Å². The van der Waals surface area contributed by atoms with Crippen molar-refractivity contribution in [2.45, 2.75) is 22.9 Å². The van der Waals surface area contributed by atoms with Crippen LogP contribution in [0.3, 0.4) is 0 Å². The van der Waals surface area contributed by atoms with Crippen LogP contribution in [-0.2, 0) is 15.9 Å². The molecule has 0 saturated carbocycles. The zero-order valence-corrected chi connectivity index (χ0v) is 10.5. The molecule has 0 spiro atoms. The quantitative estimate of drug-likeness (QED) is 0.787. The average molecular weight is 266 g/mol. The maximum absolute atomic E-state index is 12.1. The molecule has 1 aromatic heterocycles. The highest BCUT2D eigenvalue weighted by atomic mass is 35.5. The number of hydrogen-bond donors (Lipinski definition) is 0. The van der Waals surface area contributed by atoms with E-state index in [1.54, 1.807) is 16.4 Å². The van der Waals surface area contributed by atoms with E-state index in [-0.39, 0.29) is 0 Å². The van der Waals surface area contributed by atoms with Gasteiger partial charge in [-0.2, -0.15) is 4.31 Å². The zero-order valence-electron chi connectivity index (χ0n) is 8.15. The summed E-state index contributed by atoms with van der Waals surface area (Å²) in [6, 6.07) is 3.43. The van der Waals surface area contributed by atoms with Crippen LogP contribution in [-0.4, -0.2) is 25.8 Å². The Bertz CT molecular complexity index is 435. The van der Waals surface area contributed by atoms with Crippen molar-refractivity contribution in [2.24, 2.45) is 0 Å². The van der Waals surface area contributed by atoms with Gasteiger partial charge in [0.05, 0.1) is 5.88 Å². The Hall–Kier alpha value is -0.100. The largest absolute Gasteiger partial charge is 0.252 e. The second-order valence-electron chi connectivity index (χ2n) is 3.47. The average Bonchev–Trinajstić information content (AvgIpc) is 2.89. The van der Waals surface area contributed by atoms with Crippen LogP contribution in [0, 0.1) is 0 Å². The van der Waals surface area contributed by atoms with E-state index in [4.69, 9.17) is 11.6 Å². The molecule has 0 N–H and O–H groups in total. The van der Waals surface area contributed by atoms with Crippen molar-refractivity contribution >= 4 is 33.0 Å². The maximum atomic E-state index is 12.1. The molecular weight excluding hydrogens is 254 g/mol. The van der Waals surface area contributed by atoms with E-state index in [1.165, 1.54) is 11.3 Å². The molecule has 3 nitrogen and oxygen atoms in total. The SMILES string of the molecule is O=S(=O)(c1ccc(CCl)s1)N1CCCC1. The molecule has 0 amide bonds. The summed E-state index contributed by atoms with van der Waals surface area (Å²) in [5, 5.41) is 0. The lowest BCUT2D eigenvalue weighted by Gasteiger charge is -2.13. The van der Waals surface area contributed by atoms with Crippen LogP contribution >= 0.6 is 22.9 Å². The predicted molar refractivity (Wildman–Crippen MR) is 61.9 cm³/mol. The number of halogens is 1. The number of alkyl halides is 1. The molecule has 2 heterocycles. The molecule has 15 heavy (non-hydrogen) atoms. The van der Waals surface area contributed by atoms with Crippen LogP contribution in [0.2, 0.25) is 0 Å². The van der Waals surface area contributed by atoms with Crippen molar-refractivity contribution in [3.05, 3.63) is 17.0 Å². The Morgan fingerprint density at radius 3 is 2.53 bits per heavy atom. The zero-order chi connectivity index (χ0) is 10.9. The highest BCUT2D eigenvalue weighted by Crippen LogP contribution is 2.27. The van der Waals surface area contributed by atoms with E-state index in [9.17, 15) is 8.42 Å². The first-order chi connectivity index (χ1) is 7.14. The molecule has 1 saturated heterocycles. The Morgan fingerprint density at radius 2 is 2.00 bits per heavy atom. The summed E-state index contributed by atoms with van der Waals surface area (Å²) >= 11 is 6.92. The second kappa shape index (κ2) is 4.41. The van der Waals surface area contributed by atoms with Gasteiger partial charge in [-0.15, -0.1) is 22.9 Å². The fourth-order valence-electron chi connectivity index (χ4n) is 1.62. The first kappa shape index (κ1) is 11.4. The Balaban J connectivity index is 2.28. The maximum Gasteiger partial charge on any atom is 0.252 e. The van der Waals surface area contributed by atoms with Crippen molar-refractivity contribution in [3.63, 3.8) is 0 Å². The van der Waals surface area contributed by atoms with Gasteiger partial charge in [-0.25, -0.2) is 8.42 Å². The van der Waals surface area contributed by atoms with Crippen LogP contribution in [0.5, 0.6) is 0 Å². The predicted octanol–water partition coefficient (Wildman–Crippen LogP) is 2.27.